The molecule has 0 aliphatic rings. The maximum atomic E-state index is 11.8. The minimum absolute atomic E-state index is 0.482. The molecule has 0 fully saturated rings. The monoisotopic (exact) mass is 267 g/mol. The van der Waals surface area contributed by atoms with E-state index in [0.29, 0.717) is 18.5 Å². The second-order valence-corrected chi connectivity index (χ2v) is 5.50. The average molecular weight is 267 g/mol. The first-order valence-electron chi connectivity index (χ1n) is 6.21. The average Bonchev–Trinajstić information content (AvgIpc) is 2.75. The standard InChI is InChI=1S/C13H21N3O3/c1-6-16-8-7-10(15-16)13(5,9-17)14-11(18)19-12(2,3)4/h7-9H,6H2,1-5H3,(H,14,18). The molecule has 1 amide bonds. The molecule has 1 rings (SSSR count). The van der Waals surface area contributed by atoms with Crippen LogP contribution in [-0.4, -0.2) is 27.8 Å². The first-order valence-corrected chi connectivity index (χ1v) is 6.21. The zero-order valence-electron chi connectivity index (χ0n) is 12.1. The van der Waals surface area contributed by atoms with Gasteiger partial charge >= 0.3 is 6.09 Å². The summed E-state index contributed by atoms with van der Waals surface area (Å²) in [4.78, 5) is 23.1. The highest BCUT2D eigenvalue weighted by molar-refractivity contribution is 5.77. The van der Waals surface area contributed by atoms with E-state index in [0.717, 1.165) is 0 Å². The summed E-state index contributed by atoms with van der Waals surface area (Å²) in [5.74, 6) is 0. The van der Waals surface area contributed by atoms with Gasteiger partial charge in [0.1, 0.15) is 11.1 Å². The van der Waals surface area contributed by atoms with Gasteiger partial charge in [0.05, 0.1) is 5.69 Å². The van der Waals surface area contributed by atoms with Gasteiger partial charge in [-0.15, -0.1) is 0 Å². The van der Waals surface area contributed by atoms with Gasteiger partial charge < -0.3 is 14.8 Å². The van der Waals surface area contributed by atoms with Crippen molar-refractivity contribution >= 4 is 12.4 Å². The number of ether oxygens (including phenoxy) is 1. The van der Waals surface area contributed by atoms with E-state index in [1.165, 1.54) is 0 Å². The van der Waals surface area contributed by atoms with Gasteiger partial charge in [0, 0.05) is 12.7 Å². The number of carbonyl (C=O) groups excluding carboxylic acids is 2. The number of hydrogen-bond donors (Lipinski definition) is 1. The van der Waals surface area contributed by atoms with Crippen molar-refractivity contribution in [1.29, 1.82) is 0 Å². The Kier molecular flexibility index (Phi) is 4.34. The number of carbonyl (C=O) groups is 2. The number of nitrogens with one attached hydrogen (secondary N) is 1. The number of hydrogen-bond acceptors (Lipinski definition) is 4. The Morgan fingerprint density at radius 1 is 1.47 bits per heavy atom. The molecule has 0 aliphatic heterocycles. The maximum absolute atomic E-state index is 11.8. The molecule has 0 saturated heterocycles. The lowest BCUT2D eigenvalue weighted by Crippen LogP contribution is -2.47. The normalized spacial score (nSPS) is 14.6. The number of amides is 1. The quantitative estimate of drug-likeness (QED) is 0.845. The van der Waals surface area contributed by atoms with Gasteiger partial charge in [-0.1, -0.05) is 0 Å². The van der Waals surface area contributed by atoms with E-state index in [1.54, 1.807) is 44.6 Å². The lowest BCUT2D eigenvalue weighted by molar-refractivity contribution is -0.113. The summed E-state index contributed by atoms with van der Waals surface area (Å²) in [6.45, 7) is 9.51. The van der Waals surface area contributed by atoms with Crippen LogP contribution in [-0.2, 0) is 21.6 Å². The molecule has 1 heterocycles. The third kappa shape index (κ3) is 4.08. The molecule has 6 nitrogen and oxygen atoms in total. The number of aromatic nitrogens is 2. The highest BCUT2D eigenvalue weighted by atomic mass is 16.6. The second-order valence-electron chi connectivity index (χ2n) is 5.50. The zero-order valence-corrected chi connectivity index (χ0v) is 12.1. The van der Waals surface area contributed by atoms with Crippen LogP contribution in [0.3, 0.4) is 0 Å². The van der Waals surface area contributed by atoms with E-state index in [4.69, 9.17) is 4.74 Å². The summed E-state index contributed by atoms with van der Waals surface area (Å²) in [6.07, 6.45) is 1.76. The van der Waals surface area contributed by atoms with E-state index in [9.17, 15) is 9.59 Å². The fourth-order valence-corrected chi connectivity index (χ4v) is 1.48. The minimum Gasteiger partial charge on any atom is -0.444 e. The van der Waals surface area contributed by atoms with E-state index >= 15 is 0 Å². The number of rotatable bonds is 4. The Hall–Kier alpha value is -1.85. The molecule has 106 valence electrons. The van der Waals surface area contributed by atoms with Gasteiger partial charge in [0.15, 0.2) is 6.29 Å². The van der Waals surface area contributed by atoms with Crippen LogP contribution in [0.15, 0.2) is 12.3 Å². The maximum Gasteiger partial charge on any atom is 0.408 e. The Labute approximate surface area is 113 Å². The van der Waals surface area contributed by atoms with Gasteiger partial charge in [-0.3, -0.25) is 4.68 Å². The van der Waals surface area contributed by atoms with Crippen LogP contribution in [0.25, 0.3) is 0 Å². The molecule has 0 spiro atoms. The molecule has 0 bridgehead atoms. The van der Waals surface area contributed by atoms with Crippen molar-refractivity contribution in [3.63, 3.8) is 0 Å². The van der Waals surface area contributed by atoms with Gasteiger partial charge in [0.25, 0.3) is 0 Å². The summed E-state index contributed by atoms with van der Waals surface area (Å²) in [6, 6.07) is 1.70. The van der Waals surface area contributed by atoms with Crippen LogP contribution in [0.1, 0.15) is 40.3 Å². The number of aldehydes is 1. The highest BCUT2D eigenvalue weighted by Crippen LogP contribution is 2.17. The largest absolute Gasteiger partial charge is 0.444 e. The molecule has 1 aromatic heterocycles. The van der Waals surface area contributed by atoms with Gasteiger partial charge in [-0.2, -0.15) is 5.10 Å². The summed E-state index contributed by atoms with van der Waals surface area (Å²) in [5, 5.41) is 6.78. The van der Waals surface area contributed by atoms with E-state index in [2.05, 4.69) is 10.4 Å². The summed E-state index contributed by atoms with van der Waals surface area (Å²) in [7, 11) is 0. The topological polar surface area (TPSA) is 73.2 Å². The first kappa shape index (κ1) is 15.2. The number of alkyl carbamates (subject to hydrolysis) is 1. The molecular weight excluding hydrogens is 246 g/mol. The lowest BCUT2D eigenvalue weighted by Gasteiger charge is -2.26. The van der Waals surface area contributed by atoms with E-state index < -0.39 is 17.2 Å². The van der Waals surface area contributed by atoms with Crippen LogP contribution >= 0.6 is 0 Å². The predicted molar refractivity (Wildman–Crippen MR) is 70.7 cm³/mol. The predicted octanol–water partition coefficient (Wildman–Crippen LogP) is 1.84. The Bertz CT molecular complexity index is 462. The number of aryl methyl sites for hydroxylation is 1. The van der Waals surface area contributed by atoms with Crippen molar-refractivity contribution in [2.24, 2.45) is 0 Å². The molecule has 1 atom stereocenters. The lowest BCUT2D eigenvalue weighted by atomic mass is 10.0. The van der Waals surface area contributed by atoms with Crippen molar-refractivity contribution in [2.75, 3.05) is 0 Å². The molecule has 19 heavy (non-hydrogen) atoms. The van der Waals surface area contributed by atoms with Gasteiger partial charge in [-0.05, 0) is 40.7 Å². The van der Waals surface area contributed by atoms with Crippen molar-refractivity contribution in [3.8, 4) is 0 Å². The highest BCUT2D eigenvalue weighted by Gasteiger charge is 2.32. The second kappa shape index (κ2) is 5.42. The molecular formula is C13H21N3O3. The minimum atomic E-state index is -1.19. The fourth-order valence-electron chi connectivity index (χ4n) is 1.48. The Morgan fingerprint density at radius 3 is 2.53 bits per heavy atom. The van der Waals surface area contributed by atoms with Crippen LogP contribution in [0, 0.1) is 0 Å². The Morgan fingerprint density at radius 2 is 2.11 bits per heavy atom. The molecule has 6 heteroatoms. The first-order chi connectivity index (χ1) is 8.70. The molecule has 1 N–H and O–H groups in total. The van der Waals surface area contributed by atoms with Crippen LogP contribution in [0.4, 0.5) is 4.79 Å². The zero-order chi connectivity index (χ0) is 14.7. The summed E-state index contributed by atoms with van der Waals surface area (Å²) in [5.41, 5.74) is -1.32. The third-order valence-electron chi connectivity index (χ3n) is 2.49. The summed E-state index contributed by atoms with van der Waals surface area (Å²) >= 11 is 0. The van der Waals surface area contributed by atoms with Crippen LogP contribution in [0.2, 0.25) is 0 Å². The van der Waals surface area contributed by atoms with Gasteiger partial charge in [0.2, 0.25) is 0 Å². The van der Waals surface area contributed by atoms with Crippen molar-refractivity contribution in [1.82, 2.24) is 15.1 Å². The van der Waals surface area contributed by atoms with Crippen LogP contribution < -0.4 is 5.32 Å². The molecule has 0 saturated carbocycles. The van der Waals surface area contributed by atoms with Crippen molar-refractivity contribution < 1.29 is 14.3 Å². The number of nitrogens with zero attached hydrogens (tertiary/aromatic N) is 2. The Balaban J connectivity index is 2.86. The molecule has 0 radical (unpaired) electrons. The molecule has 0 aromatic carbocycles. The molecule has 1 unspecified atom stereocenters. The van der Waals surface area contributed by atoms with E-state index in [-0.39, 0.29) is 0 Å². The van der Waals surface area contributed by atoms with E-state index in [1.807, 2.05) is 6.92 Å². The van der Waals surface area contributed by atoms with Crippen molar-refractivity contribution in [3.05, 3.63) is 18.0 Å². The van der Waals surface area contributed by atoms with Crippen molar-refractivity contribution in [2.45, 2.75) is 52.3 Å². The molecule has 0 aliphatic carbocycles. The SMILES string of the molecule is CCn1ccc(C(C)(C=O)NC(=O)OC(C)(C)C)n1. The van der Waals surface area contributed by atoms with Gasteiger partial charge in [-0.25, -0.2) is 4.79 Å². The smallest absolute Gasteiger partial charge is 0.408 e. The van der Waals surface area contributed by atoms with Crippen LogP contribution in [0.5, 0.6) is 0 Å². The third-order valence-corrected chi connectivity index (χ3v) is 2.49. The fraction of sp³-hybridized carbons (Fsp3) is 0.615. The molecule has 1 aromatic rings. The summed E-state index contributed by atoms with van der Waals surface area (Å²) < 4.78 is 6.83.